The van der Waals surface area contributed by atoms with E-state index < -0.39 is 5.82 Å². The van der Waals surface area contributed by atoms with Crippen molar-refractivity contribution in [1.82, 2.24) is 14.5 Å². The lowest BCUT2D eigenvalue weighted by molar-refractivity contribution is -0.116. The van der Waals surface area contributed by atoms with Crippen molar-refractivity contribution in [3.63, 3.8) is 0 Å². The molecule has 0 saturated heterocycles. The number of amides is 1. The van der Waals surface area contributed by atoms with Gasteiger partial charge in [-0.05, 0) is 29.6 Å². The van der Waals surface area contributed by atoms with Gasteiger partial charge in [-0.1, -0.05) is 17.7 Å². The monoisotopic (exact) mass is 418 g/mol. The SMILES string of the molecule is O=C(Cn1cnc(-c2nc(-c3cccs3)cs2)c1)Nc1ccc(F)c(Cl)c1. The van der Waals surface area contributed by atoms with Crippen LogP contribution in [0.2, 0.25) is 5.02 Å². The molecule has 0 fully saturated rings. The maximum absolute atomic E-state index is 13.2. The van der Waals surface area contributed by atoms with Crippen LogP contribution in [0.4, 0.5) is 10.1 Å². The number of hydrogen-bond acceptors (Lipinski definition) is 5. The molecule has 1 amide bonds. The van der Waals surface area contributed by atoms with Gasteiger partial charge >= 0.3 is 0 Å². The van der Waals surface area contributed by atoms with Gasteiger partial charge in [0, 0.05) is 17.3 Å². The van der Waals surface area contributed by atoms with Crippen molar-refractivity contribution >= 4 is 45.9 Å². The minimum atomic E-state index is -0.528. The van der Waals surface area contributed by atoms with Crippen molar-refractivity contribution in [3.05, 3.63) is 64.5 Å². The smallest absolute Gasteiger partial charge is 0.244 e. The molecule has 136 valence electrons. The molecule has 4 rings (SSSR count). The molecule has 0 bridgehead atoms. The number of thiazole rings is 1. The number of aromatic nitrogens is 3. The summed E-state index contributed by atoms with van der Waals surface area (Å²) in [6.45, 7) is 0.0746. The van der Waals surface area contributed by atoms with Gasteiger partial charge in [0.1, 0.15) is 23.1 Å². The van der Waals surface area contributed by atoms with Crippen molar-refractivity contribution in [2.75, 3.05) is 5.32 Å². The summed E-state index contributed by atoms with van der Waals surface area (Å²) < 4.78 is 14.8. The summed E-state index contributed by atoms with van der Waals surface area (Å²) in [5.41, 5.74) is 2.07. The van der Waals surface area contributed by atoms with E-state index >= 15 is 0 Å². The van der Waals surface area contributed by atoms with E-state index in [0.717, 1.165) is 15.6 Å². The van der Waals surface area contributed by atoms with E-state index in [1.165, 1.54) is 29.5 Å². The third-order valence-electron chi connectivity index (χ3n) is 3.66. The molecular weight excluding hydrogens is 407 g/mol. The minimum absolute atomic E-state index is 0.0389. The highest BCUT2D eigenvalue weighted by Crippen LogP contribution is 2.30. The van der Waals surface area contributed by atoms with Crippen molar-refractivity contribution < 1.29 is 9.18 Å². The zero-order valence-electron chi connectivity index (χ0n) is 13.7. The number of carbonyl (C=O) groups is 1. The molecule has 9 heteroatoms. The third kappa shape index (κ3) is 4.08. The molecule has 27 heavy (non-hydrogen) atoms. The van der Waals surface area contributed by atoms with Crippen LogP contribution in [0.3, 0.4) is 0 Å². The maximum Gasteiger partial charge on any atom is 0.244 e. The summed E-state index contributed by atoms with van der Waals surface area (Å²) in [5, 5.41) is 7.44. The van der Waals surface area contributed by atoms with E-state index in [-0.39, 0.29) is 17.5 Å². The van der Waals surface area contributed by atoms with Crippen LogP contribution in [-0.2, 0) is 11.3 Å². The summed E-state index contributed by atoms with van der Waals surface area (Å²) in [5.74, 6) is -0.792. The first-order valence-corrected chi connectivity index (χ1v) is 9.98. The molecule has 0 spiro atoms. The van der Waals surface area contributed by atoms with Crippen LogP contribution in [0.15, 0.2) is 53.6 Å². The minimum Gasteiger partial charge on any atom is -0.327 e. The van der Waals surface area contributed by atoms with Gasteiger partial charge in [-0.25, -0.2) is 14.4 Å². The lowest BCUT2D eigenvalue weighted by Gasteiger charge is -2.06. The Bertz CT molecular complexity index is 1090. The molecule has 5 nitrogen and oxygen atoms in total. The molecule has 4 aromatic rings. The first-order valence-electron chi connectivity index (χ1n) is 7.85. The number of hydrogen-bond donors (Lipinski definition) is 1. The molecule has 1 aromatic carbocycles. The van der Waals surface area contributed by atoms with Gasteiger partial charge in [-0.15, -0.1) is 22.7 Å². The van der Waals surface area contributed by atoms with E-state index in [4.69, 9.17) is 11.6 Å². The molecule has 0 radical (unpaired) electrons. The second kappa shape index (κ2) is 7.59. The predicted molar refractivity (Wildman–Crippen MR) is 107 cm³/mol. The number of carbonyl (C=O) groups excluding carboxylic acids is 1. The third-order valence-corrected chi connectivity index (χ3v) is 5.71. The Kier molecular flexibility index (Phi) is 5.02. The van der Waals surface area contributed by atoms with Crippen LogP contribution < -0.4 is 5.32 Å². The van der Waals surface area contributed by atoms with E-state index in [0.29, 0.717) is 11.4 Å². The number of rotatable bonds is 5. The summed E-state index contributed by atoms with van der Waals surface area (Å²) in [6, 6.07) is 8.05. The molecule has 0 aliphatic rings. The number of nitrogens with one attached hydrogen (secondary N) is 1. The van der Waals surface area contributed by atoms with Gasteiger partial charge in [-0.3, -0.25) is 4.79 Å². The highest BCUT2D eigenvalue weighted by atomic mass is 35.5. The number of anilines is 1. The van der Waals surface area contributed by atoms with E-state index in [9.17, 15) is 9.18 Å². The fourth-order valence-corrected chi connectivity index (χ4v) is 4.15. The Morgan fingerprint density at radius 1 is 1.26 bits per heavy atom. The second-order valence-corrected chi connectivity index (χ2v) is 7.84. The van der Waals surface area contributed by atoms with Crippen LogP contribution in [-0.4, -0.2) is 20.4 Å². The average Bonchev–Trinajstić information content (AvgIpc) is 3.37. The molecule has 0 atom stereocenters. The molecule has 3 aromatic heterocycles. The highest BCUT2D eigenvalue weighted by molar-refractivity contribution is 7.15. The normalized spacial score (nSPS) is 10.9. The van der Waals surface area contributed by atoms with Crippen LogP contribution in [0.5, 0.6) is 0 Å². The van der Waals surface area contributed by atoms with Gasteiger partial charge < -0.3 is 9.88 Å². The number of imidazole rings is 1. The predicted octanol–water partition coefficient (Wildman–Crippen LogP) is 5.17. The molecule has 0 aliphatic carbocycles. The van der Waals surface area contributed by atoms with Gasteiger partial charge in [-0.2, -0.15) is 0 Å². The summed E-state index contributed by atoms with van der Waals surface area (Å²) in [6.07, 6.45) is 3.35. The largest absolute Gasteiger partial charge is 0.327 e. The van der Waals surface area contributed by atoms with Gasteiger partial charge in [0.25, 0.3) is 0 Å². The van der Waals surface area contributed by atoms with Crippen molar-refractivity contribution in [3.8, 4) is 21.3 Å². The average molecular weight is 419 g/mol. The fourth-order valence-electron chi connectivity index (χ4n) is 2.43. The fraction of sp³-hybridized carbons (Fsp3) is 0.0556. The van der Waals surface area contributed by atoms with Crippen LogP contribution in [0.25, 0.3) is 21.3 Å². The molecule has 0 saturated carbocycles. The Balaban J connectivity index is 1.43. The number of nitrogens with zero attached hydrogens (tertiary/aromatic N) is 3. The topological polar surface area (TPSA) is 59.8 Å². The summed E-state index contributed by atoms with van der Waals surface area (Å²) >= 11 is 8.86. The zero-order chi connectivity index (χ0) is 18.8. The second-order valence-electron chi connectivity index (χ2n) is 5.62. The van der Waals surface area contributed by atoms with Crippen molar-refractivity contribution in [2.24, 2.45) is 0 Å². The zero-order valence-corrected chi connectivity index (χ0v) is 16.1. The Morgan fingerprint density at radius 2 is 2.15 bits per heavy atom. The lowest BCUT2D eigenvalue weighted by atomic mass is 10.3. The Morgan fingerprint density at radius 3 is 2.93 bits per heavy atom. The van der Waals surface area contributed by atoms with Gasteiger partial charge in [0.2, 0.25) is 5.91 Å². The summed E-state index contributed by atoms with van der Waals surface area (Å²) in [7, 11) is 0. The Hall–Kier alpha value is -2.55. The standard InChI is InChI=1S/C18H12ClFN4OS2/c19-12-6-11(3-4-13(12)20)22-17(25)8-24-7-14(21-10-24)18-23-15(9-27-18)16-2-1-5-26-16/h1-7,9-10H,8H2,(H,22,25). The Labute approximate surface area is 167 Å². The highest BCUT2D eigenvalue weighted by Gasteiger charge is 2.11. The van der Waals surface area contributed by atoms with E-state index in [1.54, 1.807) is 28.4 Å². The molecule has 0 unspecified atom stereocenters. The lowest BCUT2D eigenvalue weighted by Crippen LogP contribution is -2.17. The van der Waals surface area contributed by atoms with Gasteiger partial charge in [0.05, 0.1) is 21.9 Å². The first kappa shape index (κ1) is 17.8. The van der Waals surface area contributed by atoms with E-state index in [1.807, 2.05) is 22.9 Å². The molecule has 1 N–H and O–H groups in total. The van der Waals surface area contributed by atoms with Crippen molar-refractivity contribution in [1.29, 1.82) is 0 Å². The van der Waals surface area contributed by atoms with Crippen LogP contribution in [0, 0.1) is 5.82 Å². The first-order chi connectivity index (χ1) is 13.1. The summed E-state index contributed by atoms with van der Waals surface area (Å²) in [4.78, 5) is 22.2. The van der Waals surface area contributed by atoms with Gasteiger partial charge in [0.15, 0.2) is 0 Å². The molecular formula is C18H12ClFN4OS2. The van der Waals surface area contributed by atoms with Crippen LogP contribution in [0.1, 0.15) is 0 Å². The van der Waals surface area contributed by atoms with Crippen molar-refractivity contribution in [2.45, 2.75) is 6.54 Å². The maximum atomic E-state index is 13.2. The van der Waals surface area contributed by atoms with Crippen LogP contribution >= 0.6 is 34.3 Å². The number of halogens is 2. The van der Waals surface area contributed by atoms with E-state index in [2.05, 4.69) is 15.3 Å². The quantitative estimate of drug-likeness (QED) is 0.486. The molecule has 0 aliphatic heterocycles. The number of benzene rings is 1. The number of thiophene rings is 1. The molecule has 3 heterocycles.